The van der Waals surface area contributed by atoms with Crippen molar-refractivity contribution in [2.45, 2.75) is 13.0 Å². The lowest BCUT2D eigenvalue weighted by molar-refractivity contribution is 0.422. The Hall–Kier alpha value is -1.31. The Kier molecular flexibility index (Phi) is 4.35. The molecule has 1 rings (SSSR count). The predicted molar refractivity (Wildman–Crippen MR) is 52.6 cm³/mol. The number of rotatable bonds is 1. The SMILES string of the molecule is C[C@@H](N)c1c(C#N)ccc(F)c1O.Cl. The van der Waals surface area contributed by atoms with Gasteiger partial charge >= 0.3 is 0 Å². The fourth-order valence-electron chi connectivity index (χ4n) is 1.14. The molecule has 3 nitrogen and oxygen atoms in total. The van der Waals surface area contributed by atoms with E-state index >= 15 is 0 Å². The van der Waals surface area contributed by atoms with Crippen LogP contribution in [0.3, 0.4) is 0 Å². The molecule has 0 unspecified atom stereocenters. The van der Waals surface area contributed by atoms with E-state index in [1.165, 1.54) is 6.07 Å². The van der Waals surface area contributed by atoms with Crippen LogP contribution in [0.2, 0.25) is 0 Å². The van der Waals surface area contributed by atoms with Crippen LogP contribution in [0, 0.1) is 17.1 Å². The van der Waals surface area contributed by atoms with Crippen molar-refractivity contribution in [3.05, 3.63) is 29.1 Å². The van der Waals surface area contributed by atoms with E-state index in [9.17, 15) is 9.50 Å². The summed E-state index contributed by atoms with van der Waals surface area (Å²) in [6, 6.07) is 3.61. The van der Waals surface area contributed by atoms with Crippen LogP contribution in [0.1, 0.15) is 24.1 Å². The number of aromatic hydroxyl groups is 1. The van der Waals surface area contributed by atoms with Crippen LogP contribution in [-0.2, 0) is 0 Å². The average Bonchev–Trinajstić information content (AvgIpc) is 2.08. The van der Waals surface area contributed by atoms with Crippen molar-refractivity contribution in [3.8, 4) is 11.8 Å². The first-order chi connectivity index (χ1) is 6.07. The summed E-state index contributed by atoms with van der Waals surface area (Å²) in [6.07, 6.45) is 0. The van der Waals surface area contributed by atoms with Crippen molar-refractivity contribution < 1.29 is 9.50 Å². The van der Waals surface area contributed by atoms with E-state index < -0.39 is 17.6 Å². The van der Waals surface area contributed by atoms with Gasteiger partial charge in [-0.1, -0.05) is 0 Å². The van der Waals surface area contributed by atoms with Crippen molar-refractivity contribution in [2.24, 2.45) is 5.73 Å². The van der Waals surface area contributed by atoms with E-state index in [0.717, 1.165) is 6.07 Å². The van der Waals surface area contributed by atoms with Crippen LogP contribution in [-0.4, -0.2) is 5.11 Å². The van der Waals surface area contributed by atoms with Crippen LogP contribution >= 0.6 is 12.4 Å². The Labute approximate surface area is 87.4 Å². The summed E-state index contributed by atoms with van der Waals surface area (Å²) in [6.45, 7) is 1.58. The third kappa shape index (κ3) is 2.13. The molecular formula is C9H10ClFN2O. The largest absolute Gasteiger partial charge is 0.505 e. The molecule has 0 heterocycles. The van der Waals surface area contributed by atoms with Crippen molar-refractivity contribution in [1.82, 2.24) is 0 Å². The highest BCUT2D eigenvalue weighted by Gasteiger charge is 2.15. The molecule has 76 valence electrons. The number of phenols is 1. The molecule has 0 aliphatic heterocycles. The van der Waals surface area contributed by atoms with Gasteiger partial charge in [0, 0.05) is 11.6 Å². The van der Waals surface area contributed by atoms with Gasteiger partial charge in [0.25, 0.3) is 0 Å². The maximum atomic E-state index is 12.8. The van der Waals surface area contributed by atoms with Crippen LogP contribution in [0.4, 0.5) is 4.39 Å². The molecule has 0 spiro atoms. The zero-order valence-corrected chi connectivity index (χ0v) is 8.31. The second-order valence-electron chi connectivity index (χ2n) is 2.76. The lowest BCUT2D eigenvalue weighted by atomic mass is 10.0. The number of nitrogens with two attached hydrogens (primary N) is 1. The first kappa shape index (κ1) is 12.7. The molecule has 0 aliphatic rings. The van der Waals surface area contributed by atoms with Crippen LogP contribution in [0.15, 0.2) is 12.1 Å². The van der Waals surface area contributed by atoms with Crippen molar-refractivity contribution in [1.29, 1.82) is 5.26 Å². The molecule has 0 bridgehead atoms. The fourth-order valence-corrected chi connectivity index (χ4v) is 1.14. The molecule has 1 atom stereocenters. The second-order valence-corrected chi connectivity index (χ2v) is 2.76. The maximum Gasteiger partial charge on any atom is 0.165 e. The summed E-state index contributed by atoms with van der Waals surface area (Å²) in [4.78, 5) is 0. The van der Waals surface area contributed by atoms with Gasteiger partial charge in [-0.25, -0.2) is 4.39 Å². The molecule has 0 radical (unpaired) electrons. The minimum atomic E-state index is -0.758. The van der Waals surface area contributed by atoms with Gasteiger partial charge in [-0.2, -0.15) is 5.26 Å². The summed E-state index contributed by atoms with van der Waals surface area (Å²) in [5, 5.41) is 17.9. The molecule has 1 aromatic rings. The standard InChI is InChI=1S/C9H9FN2O.ClH/c1-5(12)8-6(4-11)2-3-7(10)9(8)13;/h2-3,5,13H,12H2,1H3;1H/t5-;/m1./s1. The van der Waals surface area contributed by atoms with E-state index in [1.807, 2.05) is 6.07 Å². The van der Waals surface area contributed by atoms with Crippen LogP contribution in [0.5, 0.6) is 5.75 Å². The molecule has 1 aromatic carbocycles. The number of halogens is 2. The lowest BCUT2D eigenvalue weighted by Gasteiger charge is -2.10. The normalized spacial score (nSPS) is 11.3. The summed E-state index contributed by atoms with van der Waals surface area (Å²) in [7, 11) is 0. The minimum absolute atomic E-state index is 0. The van der Waals surface area contributed by atoms with Crippen LogP contribution in [0.25, 0.3) is 0 Å². The summed E-state index contributed by atoms with van der Waals surface area (Å²) >= 11 is 0. The highest BCUT2D eigenvalue weighted by atomic mass is 35.5. The number of benzene rings is 1. The molecule has 0 saturated carbocycles. The summed E-state index contributed by atoms with van der Waals surface area (Å²) in [5.41, 5.74) is 5.84. The Morgan fingerprint density at radius 2 is 2.14 bits per heavy atom. The molecule has 0 fully saturated rings. The molecule has 0 amide bonds. The summed E-state index contributed by atoms with van der Waals surface area (Å²) < 4.78 is 12.8. The highest BCUT2D eigenvalue weighted by Crippen LogP contribution is 2.28. The zero-order chi connectivity index (χ0) is 10.0. The lowest BCUT2D eigenvalue weighted by Crippen LogP contribution is -2.08. The van der Waals surface area contributed by atoms with Gasteiger partial charge in [0.2, 0.25) is 0 Å². The Bertz CT molecular complexity index is 374. The first-order valence-corrected chi connectivity index (χ1v) is 3.75. The number of nitriles is 1. The maximum absolute atomic E-state index is 12.8. The van der Waals surface area contributed by atoms with Gasteiger partial charge in [0.05, 0.1) is 11.6 Å². The molecule has 5 heteroatoms. The number of nitrogens with zero attached hydrogens (tertiary/aromatic N) is 1. The monoisotopic (exact) mass is 216 g/mol. The first-order valence-electron chi connectivity index (χ1n) is 3.75. The van der Waals surface area contributed by atoms with E-state index in [0.29, 0.717) is 0 Å². The molecule has 0 aliphatic carbocycles. The minimum Gasteiger partial charge on any atom is -0.505 e. The quantitative estimate of drug-likeness (QED) is 0.753. The molecule has 3 N–H and O–H groups in total. The van der Waals surface area contributed by atoms with Gasteiger partial charge in [0.15, 0.2) is 11.6 Å². The van der Waals surface area contributed by atoms with Gasteiger partial charge in [-0.05, 0) is 19.1 Å². The van der Waals surface area contributed by atoms with E-state index in [2.05, 4.69) is 0 Å². The molecule has 0 aromatic heterocycles. The second kappa shape index (κ2) is 4.80. The number of hydrogen-bond acceptors (Lipinski definition) is 3. The summed E-state index contributed by atoms with van der Waals surface area (Å²) in [5.74, 6) is -1.29. The Morgan fingerprint density at radius 3 is 2.57 bits per heavy atom. The average molecular weight is 217 g/mol. The van der Waals surface area contributed by atoms with Gasteiger partial charge in [0.1, 0.15) is 0 Å². The topological polar surface area (TPSA) is 70.0 Å². The van der Waals surface area contributed by atoms with Gasteiger partial charge < -0.3 is 10.8 Å². The smallest absolute Gasteiger partial charge is 0.165 e. The van der Waals surface area contributed by atoms with Crippen molar-refractivity contribution in [2.75, 3.05) is 0 Å². The third-order valence-electron chi connectivity index (χ3n) is 1.74. The molecule has 14 heavy (non-hydrogen) atoms. The van der Waals surface area contributed by atoms with Crippen molar-refractivity contribution >= 4 is 12.4 Å². The Balaban J connectivity index is 0.00000169. The third-order valence-corrected chi connectivity index (χ3v) is 1.74. The molecular weight excluding hydrogens is 207 g/mol. The van der Waals surface area contributed by atoms with E-state index in [4.69, 9.17) is 11.0 Å². The predicted octanol–water partition coefficient (Wildman–Crippen LogP) is 1.84. The number of hydrogen-bond donors (Lipinski definition) is 2. The highest BCUT2D eigenvalue weighted by molar-refractivity contribution is 5.85. The zero-order valence-electron chi connectivity index (χ0n) is 7.49. The van der Waals surface area contributed by atoms with E-state index in [1.54, 1.807) is 6.92 Å². The fraction of sp³-hybridized carbons (Fsp3) is 0.222. The Morgan fingerprint density at radius 1 is 1.57 bits per heavy atom. The van der Waals surface area contributed by atoms with Gasteiger partial charge in [-0.3, -0.25) is 0 Å². The number of phenolic OH excluding ortho intramolecular Hbond substituents is 1. The van der Waals surface area contributed by atoms with Gasteiger partial charge in [-0.15, -0.1) is 12.4 Å². The van der Waals surface area contributed by atoms with E-state index in [-0.39, 0.29) is 23.5 Å². The molecule has 0 saturated heterocycles. The van der Waals surface area contributed by atoms with Crippen molar-refractivity contribution in [3.63, 3.8) is 0 Å². The van der Waals surface area contributed by atoms with Crippen LogP contribution < -0.4 is 5.73 Å².